The number of guanidine groups is 1. The smallest absolute Gasteiger partial charge is 0.353 e. The molecular weight excluding hydrogens is 406 g/mol. The van der Waals surface area contributed by atoms with Gasteiger partial charge in [-0.1, -0.05) is 6.92 Å². The Hall–Kier alpha value is -1.78. The molecule has 1 amide bonds. The number of amides is 1. The highest BCUT2D eigenvalue weighted by Crippen LogP contribution is 2.52. The van der Waals surface area contributed by atoms with Crippen LogP contribution in [0, 0.1) is 11.8 Å². The molecule has 10 heteroatoms. The van der Waals surface area contributed by atoms with Crippen LogP contribution in [0.3, 0.4) is 0 Å². The number of carbonyl (C=O) groups excluding carboxylic acids is 1. The van der Waals surface area contributed by atoms with Crippen LogP contribution in [-0.4, -0.2) is 80.4 Å². The maximum atomic E-state index is 12.5. The van der Waals surface area contributed by atoms with E-state index in [0.29, 0.717) is 6.04 Å². The lowest BCUT2D eigenvalue weighted by molar-refractivity contribution is -0.163. The van der Waals surface area contributed by atoms with Crippen LogP contribution in [0.5, 0.6) is 0 Å². The van der Waals surface area contributed by atoms with Gasteiger partial charge in [-0.15, -0.1) is 11.8 Å². The van der Waals surface area contributed by atoms with Gasteiger partial charge in [0.1, 0.15) is 5.70 Å². The molecule has 30 heavy (non-hydrogen) atoms. The Bertz CT molecular complexity index is 796. The number of rotatable bonds is 6. The van der Waals surface area contributed by atoms with Crippen LogP contribution in [0.25, 0.3) is 0 Å². The van der Waals surface area contributed by atoms with Crippen molar-refractivity contribution < 1.29 is 19.8 Å². The zero-order valence-electron chi connectivity index (χ0n) is 17.4. The first-order chi connectivity index (χ1) is 14.2. The SMILES string of the molecule is C[C@@H](O)[C@H]1C(=O)N2C(C(=O)O)=C(SC3CCN([C@@H]4CC[C@@H](N=C(N)N)C4)C3)[C@H](C)[C@H]12. The number of likely N-dealkylation sites (tertiary alicyclic amines) is 1. The molecule has 2 saturated heterocycles. The number of carbonyl (C=O) groups is 2. The molecule has 3 heterocycles. The number of hydrogen-bond donors (Lipinski definition) is 4. The quantitative estimate of drug-likeness (QED) is 0.261. The highest BCUT2D eigenvalue weighted by molar-refractivity contribution is 8.03. The lowest BCUT2D eigenvalue weighted by Crippen LogP contribution is -2.63. The zero-order chi connectivity index (χ0) is 21.7. The van der Waals surface area contributed by atoms with Crippen molar-refractivity contribution in [2.24, 2.45) is 28.3 Å². The Morgan fingerprint density at radius 1 is 1.30 bits per heavy atom. The lowest BCUT2D eigenvalue weighted by atomic mass is 9.79. The second-order valence-electron chi connectivity index (χ2n) is 8.97. The van der Waals surface area contributed by atoms with Crippen LogP contribution in [0.15, 0.2) is 15.6 Å². The van der Waals surface area contributed by atoms with Crippen LogP contribution in [0.4, 0.5) is 0 Å². The van der Waals surface area contributed by atoms with Gasteiger partial charge in [-0.3, -0.25) is 14.7 Å². The average molecular weight is 438 g/mol. The predicted molar refractivity (Wildman–Crippen MR) is 114 cm³/mol. The zero-order valence-corrected chi connectivity index (χ0v) is 18.2. The molecule has 0 bridgehead atoms. The van der Waals surface area contributed by atoms with E-state index in [4.69, 9.17) is 11.5 Å². The Morgan fingerprint density at radius 3 is 2.67 bits per heavy atom. The number of nitrogens with zero attached hydrogens (tertiary/aromatic N) is 3. The van der Waals surface area contributed by atoms with E-state index in [2.05, 4.69) is 9.89 Å². The van der Waals surface area contributed by atoms with Crippen LogP contribution >= 0.6 is 11.8 Å². The summed E-state index contributed by atoms with van der Waals surface area (Å²) in [4.78, 5) is 33.4. The number of β-lactam (4-membered cyclic amide) rings is 1. The van der Waals surface area contributed by atoms with E-state index in [1.165, 1.54) is 4.90 Å². The van der Waals surface area contributed by atoms with E-state index < -0.39 is 18.0 Å². The maximum absolute atomic E-state index is 12.5. The summed E-state index contributed by atoms with van der Waals surface area (Å²) >= 11 is 1.61. The van der Waals surface area contributed by atoms with Gasteiger partial charge in [0.2, 0.25) is 5.91 Å². The van der Waals surface area contributed by atoms with Gasteiger partial charge >= 0.3 is 5.97 Å². The van der Waals surface area contributed by atoms with Gasteiger partial charge in [0, 0.05) is 28.7 Å². The van der Waals surface area contributed by atoms with Crippen molar-refractivity contribution in [1.82, 2.24) is 9.80 Å². The minimum atomic E-state index is -1.06. The third-order valence-corrected chi connectivity index (χ3v) is 8.54. The maximum Gasteiger partial charge on any atom is 0.353 e. The summed E-state index contributed by atoms with van der Waals surface area (Å²) in [5, 5.41) is 20.1. The van der Waals surface area contributed by atoms with Gasteiger partial charge < -0.3 is 26.6 Å². The fraction of sp³-hybridized carbons (Fsp3) is 0.750. The summed E-state index contributed by atoms with van der Waals surface area (Å²) in [6.45, 7) is 5.44. The van der Waals surface area contributed by atoms with Crippen molar-refractivity contribution in [3.05, 3.63) is 10.6 Å². The summed E-state index contributed by atoms with van der Waals surface area (Å²) in [6.07, 6.45) is 3.22. The number of aliphatic imine (C=N–C) groups is 1. The topological polar surface area (TPSA) is 145 Å². The van der Waals surface area contributed by atoms with Crippen molar-refractivity contribution in [1.29, 1.82) is 0 Å². The summed E-state index contributed by atoms with van der Waals surface area (Å²) in [7, 11) is 0. The number of nitrogens with two attached hydrogens (primary N) is 2. The molecule has 0 spiro atoms. The summed E-state index contributed by atoms with van der Waals surface area (Å²) in [6, 6.07) is 0.396. The van der Waals surface area contributed by atoms with Crippen LogP contribution in [-0.2, 0) is 9.59 Å². The Kier molecular flexibility index (Phi) is 5.75. The van der Waals surface area contributed by atoms with Gasteiger partial charge in [-0.2, -0.15) is 0 Å². The Labute approximate surface area is 180 Å². The molecule has 4 rings (SSSR count). The fourth-order valence-corrected chi connectivity index (χ4v) is 7.13. The summed E-state index contributed by atoms with van der Waals surface area (Å²) < 4.78 is 0. The van der Waals surface area contributed by atoms with Crippen molar-refractivity contribution >= 4 is 29.6 Å². The molecule has 0 radical (unpaired) electrons. The van der Waals surface area contributed by atoms with Crippen molar-refractivity contribution in [3.63, 3.8) is 0 Å². The monoisotopic (exact) mass is 437 g/mol. The Morgan fingerprint density at radius 2 is 2.03 bits per heavy atom. The number of fused-ring (bicyclic) bond motifs is 1. The number of carboxylic acids is 1. The minimum Gasteiger partial charge on any atom is -0.477 e. The average Bonchev–Trinajstić information content (AvgIpc) is 3.34. The standard InChI is InChI=1S/C20H31N5O4S/c1-9-15-14(10(2)26)18(27)25(15)16(19(28)29)17(9)30-13-5-6-24(8-13)12-4-3-11(7-12)23-20(21)22/h9-15,26H,3-8H2,1-2H3,(H,28,29)(H4,21,22,23)/t9-,10-,11-,12-,13?,14-,15-/m1/s1. The van der Waals surface area contributed by atoms with E-state index in [-0.39, 0.29) is 40.8 Å². The first-order valence-corrected chi connectivity index (χ1v) is 11.5. The second-order valence-corrected chi connectivity index (χ2v) is 10.3. The number of aliphatic hydroxyl groups excluding tert-OH is 1. The predicted octanol–water partition coefficient (Wildman–Crippen LogP) is 0.142. The normalized spacial score (nSPS) is 37.3. The van der Waals surface area contributed by atoms with E-state index in [0.717, 1.165) is 43.7 Å². The summed E-state index contributed by atoms with van der Waals surface area (Å²) in [5.41, 5.74) is 11.1. The molecule has 1 saturated carbocycles. The molecule has 0 aromatic carbocycles. The minimum absolute atomic E-state index is 0.0785. The van der Waals surface area contributed by atoms with Gasteiger partial charge in [0.25, 0.3) is 0 Å². The molecule has 166 valence electrons. The lowest BCUT2D eigenvalue weighted by Gasteiger charge is -2.46. The summed E-state index contributed by atoms with van der Waals surface area (Å²) in [5.74, 6) is -1.79. The van der Waals surface area contributed by atoms with Crippen molar-refractivity contribution in [2.75, 3.05) is 13.1 Å². The number of aliphatic carboxylic acids is 1. The molecule has 9 nitrogen and oxygen atoms in total. The van der Waals surface area contributed by atoms with Crippen molar-refractivity contribution in [3.8, 4) is 0 Å². The van der Waals surface area contributed by atoms with Gasteiger partial charge in [-0.05, 0) is 39.2 Å². The molecule has 1 unspecified atom stereocenters. The number of thioether (sulfide) groups is 1. The van der Waals surface area contributed by atoms with E-state index >= 15 is 0 Å². The first-order valence-electron chi connectivity index (χ1n) is 10.7. The molecule has 3 aliphatic heterocycles. The number of hydrogen-bond acceptors (Lipinski definition) is 6. The highest BCUT2D eigenvalue weighted by Gasteiger charge is 2.60. The number of aliphatic hydroxyl groups is 1. The Balaban J connectivity index is 1.43. The third kappa shape index (κ3) is 3.58. The molecular formula is C20H31N5O4S. The highest BCUT2D eigenvalue weighted by atomic mass is 32.2. The molecule has 4 aliphatic rings. The first kappa shape index (κ1) is 21.5. The molecule has 3 fully saturated rings. The fourth-order valence-electron chi connectivity index (χ4n) is 5.63. The van der Waals surface area contributed by atoms with Crippen LogP contribution in [0.1, 0.15) is 39.5 Å². The van der Waals surface area contributed by atoms with Crippen LogP contribution in [0.2, 0.25) is 0 Å². The molecule has 1 aliphatic carbocycles. The van der Waals surface area contributed by atoms with E-state index in [9.17, 15) is 19.8 Å². The molecule has 7 atom stereocenters. The van der Waals surface area contributed by atoms with E-state index in [1.807, 2.05) is 6.92 Å². The van der Waals surface area contributed by atoms with Crippen LogP contribution < -0.4 is 11.5 Å². The van der Waals surface area contributed by atoms with Gasteiger partial charge in [0.05, 0.1) is 24.1 Å². The third-order valence-electron chi connectivity index (χ3n) is 7.01. The molecule has 0 aromatic rings. The van der Waals surface area contributed by atoms with E-state index in [1.54, 1.807) is 18.7 Å². The van der Waals surface area contributed by atoms with Gasteiger partial charge in [-0.25, -0.2) is 4.79 Å². The second kappa shape index (κ2) is 8.05. The van der Waals surface area contributed by atoms with Crippen molar-refractivity contribution in [2.45, 2.75) is 69.0 Å². The largest absolute Gasteiger partial charge is 0.477 e. The number of carboxylic acid groups (broad SMARTS) is 1. The molecule has 6 N–H and O–H groups in total. The van der Waals surface area contributed by atoms with Gasteiger partial charge in [0.15, 0.2) is 5.96 Å². The molecule has 0 aromatic heterocycles.